The summed E-state index contributed by atoms with van der Waals surface area (Å²) in [6, 6.07) is 0. The van der Waals surface area contributed by atoms with Crippen LogP contribution in [0.5, 0.6) is 0 Å². The van der Waals surface area contributed by atoms with Crippen LogP contribution in [0.25, 0.3) is 0 Å². The summed E-state index contributed by atoms with van der Waals surface area (Å²) in [5.74, 6) is 0.0478. The van der Waals surface area contributed by atoms with E-state index in [4.69, 9.17) is 0 Å². The standard InChI is InChI=1S/C15H24O2/c1-6-9-15(4,5)14(17)13-11(10(2)3)7-8-12(13)16/h6,11,13-14,17H,1-2,7-9H2,3-5H3/t11-,13-,14-/m0/s1. The molecule has 17 heavy (non-hydrogen) atoms. The Hall–Kier alpha value is -0.890. The maximum Gasteiger partial charge on any atom is 0.139 e. The Morgan fingerprint density at radius 3 is 2.71 bits per heavy atom. The van der Waals surface area contributed by atoms with Crippen LogP contribution in [0.1, 0.15) is 40.0 Å². The fourth-order valence-electron chi connectivity index (χ4n) is 2.80. The molecule has 0 aromatic rings. The number of aliphatic hydroxyl groups excluding tert-OH is 1. The molecular formula is C15H24O2. The van der Waals surface area contributed by atoms with Gasteiger partial charge in [0.25, 0.3) is 0 Å². The first-order valence-electron chi connectivity index (χ1n) is 6.28. The highest BCUT2D eigenvalue weighted by molar-refractivity contribution is 5.84. The summed E-state index contributed by atoms with van der Waals surface area (Å²) >= 11 is 0. The van der Waals surface area contributed by atoms with E-state index in [9.17, 15) is 9.90 Å². The van der Waals surface area contributed by atoms with Gasteiger partial charge in [-0.3, -0.25) is 4.79 Å². The highest BCUT2D eigenvalue weighted by atomic mass is 16.3. The highest BCUT2D eigenvalue weighted by Crippen LogP contribution is 2.42. The Kier molecular flexibility index (Phi) is 4.31. The molecule has 0 amide bonds. The van der Waals surface area contributed by atoms with Crippen molar-refractivity contribution < 1.29 is 9.90 Å². The van der Waals surface area contributed by atoms with Crippen LogP contribution < -0.4 is 0 Å². The topological polar surface area (TPSA) is 37.3 Å². The van der Waals surface area contributed by atoms with Crippen molar-refractivity contribution in [3.05, 3.63) is 24.8 Å². The van der Waals surface area contributed by atoms with Gasteiger partial charge in [0.1, 0.15) is 5.78 Å². The summed E-state index contributed by atoms with van der Waals surface area (Å²) in [4.78, 5) is 12.0. The first kappa shape index (κ1) is 14.2. The smallest absolute Gasteiger partial charge is 0.139 e. The minimum atomic E-state index is -0.614. The third-order valence-corrected chi connectivity index (χ3v) is 3.95. The van der Waals surface area contributed by atoms with E-state index in [1.54, 1.807) is 6.08 Å². The van der Waals surface area contributed by atoms with E-state index in [0.29, 0.717) is 12.8 Å². The second kappa shape index (κ2) is 5.18. The SMILES string of the molecule is C=CCC(C)(C)[C@@H](O)[C@@H]1C(=O)CC[C@H]1C(=C)C. The number of aliphatic hydroxyl groups is 1. The quantitative estimate of drug-likeness (QED) is 0.745. The van der Waals surface area contributed by atoms with Crippen LogP contribution in [0.3, 0.4) is 0 Å². The lowest BCUT2D eigenvalue weighted by Gasteiger charge is -2.35. The molecule has 0 radical (unpaired) electrons. The van der Waals surface area contributed by atoms with Crippen molar-refractivity contribution in [1.29, 1.82) is 0 Å². The Morgan fingerprint density at radius 2 is 2.24 bits per heavy atom. The van der Waals surface area contributed by atoms with Gasteiger partial charge >= 0.3 is 0 Å². The minimum absolute atomic E-state index is 0.140. The second-order valence-corrected chi connectivity index (χ2v) is 5.91. The summed E-state index contributed by atoms with van der Waals surface area (Å²) in [6.45, 7) is 13.6. The molecule has 1 fully saturated rings. The number of Topliss-reactive ketones (excluding diaryl/α,β-unsaturated/α-hetero) is 1. The molecule has 0 aromatic heterocycles. The maximum atomic E-state index is 12.0. The van der Waals surface area contributed by atoms with Crippen molar-refractivity contribution >= 4 is 5.78 Å². The summed E-state index contributed by atoms with van der Waals surface area (Å²) in [5.41, 5.74) is 0.703. The van der Waals surface area contributed by atoms with Gasteiger partial charge in [-0.05, 0) is 31.1 Å². The predicted octanol–water partition coefficient (Wildman–Crippen LogP) is 3.12. The molecule has 3 atom stereocenters. The zero-order valence-corrected chi connectivity index (χ0v) is 11.2. The molecule has 1 saturated carbocycles. The number of allylic oxidation sites excluding steroid dienone is 2. The van der Waals surface area contributed by atoms with Crippen molar-refractivity contribution in [1.82, 2.24) is 0 Å². The lowest BCUT2D eigenvalue weighted by molar-refractivity contribution is -0.127. The third kappa shape index (κ3) is 2.86. The second-order valence-electron chi connectivity index (χ2n) is 5.91. The molecule has 0 aliphatic heterocycles. The molecule has 0 heterocycles. The van der Waals surface area contributed by atoms with E-state index in [1.165, 1.54) is 0 Å². The summed E-state index contributed by atoms with van der Waals surface area (Å²) in [7, 11) is 0. The average Bonchev–Trinajstić information content (AvgIpc) is 2.58. The van der Waals surface area contributed by atoms with Gasteiger partial charge in [-0.2, -0.15) is 0 Å². The fraction of sp³-hybridized carbons (Fsp3) is 0.667. The predicted molar refractivity (Wildman–Crippen MR) is 70.6 cm³/mol. The van der Waals surface area contributed by atoms with Gasteiger partial charge < -0.3 is 5.11 Å². The fourth-order valence-corrected chi connectivity index (χ4v) is 2.80. The largest absolute Gasteiger partial charge is 0.392 e. The van der Waals surface area contributed by atoms with Gasteiger partial charge in [-0.15, -0.1) is 6.58 Å². The Morgan fingerprint density at radius 1 is 1.65 bits per heavy atom. The number of carbonyl (C=O) groups excluding carboxylic acids is 1. The van der Waals surface area contributed by atoms with Crippen molar-refractivity contribution in [2.45, 2.75) is 46.1 Å². The van der Waals surface area contributed by atoms with Gasteiger partial charge in [0.05, 0.1) is 12.0 Å². The molecule has 0 bridgehead atoms. The number of carbonyl (C=O) groups is 1. The van der Waals surface area contributed by atoms with Crippen molar-refractivity contribution in [3.63, 3.8) is 0 Å². The normalized spacial score (nSPS) is 26.9. The van der Waals surface area contributed by atoms with E-state index in [-0.39, 0.29) is 23.0 Å². The monoisotopic (exact) mass is 236 g/mol. The molecule has 96 valence electrons. The molecule has 0 saturated heterocycles. The zero-order valence-electron chi connectivity index (χ0n) is 11.2. The molecular weight excluding hydrogens is 212 g/mol. The summed E-state index contributed by atoms with van der Waals surface area (Å²) in [6.07, 6.45) is 3.31. The first-order valence-corrected chi connectivity index (χ1v) is 6.28. The van der Waals surface area contributed by atoms with E-state index < -0.39 is 6.10 Å². The van der Waals surface area contributed by atoms with Crippen LogP contribution in [-0.2, 0) is 4.79 Å². The van der Waals surface area contributed by atoms with Crippen LogP contribution in [0.15, 0.2) is 24.8 Å². The summed E-state index contributed by atoms with van der Waals surface area (Å²) < 4.78 is 0. The molecule has 0 spiro atoms. The molecule has 1 N–H and O–H groups in total. The molecule has 0 aromatic carbocycles. The van der Waals surface area contributed by atoms with Gasteiger partial charge in [0, 0.05) is 6.42 Å². The van der Waals surface area contributed by atoms with Crippen LogP contribution in [-0.4, -0.2) is 17.0 Å². The van der Waals surface area contributed by atoms with Crippen LogP contribution in [0.4, 0.5) is 0 Å². The van der Waals surface area contributed by atoms with Gasteiger partial charge in [0.2, 0.25) is 0 Å². The number of ketones is 1. The number of hydrogen-bond donors (Lipinski definition) is 1. The Balaban J connectivity index is 2.92. The lowest BCUT2D eigenvalue weighted by Crippen LogP contribution is -2.40. The van der Waals surface area contributed by atoms with E-state index in [2.05, 4.69) is 13.2 Å². The summed E-state index contributed by atoms with van der Waals surface area (Å²) in [5, 5.41) is 10.5. The third-order valence-electron chi connectivity index (χ3n) is 3.95. The van der Waals surface area contributed by atoms with Crippen LogP contribution >= 0.6 is 0 Å². The Labute approximate surface area is 104 Å². The van der Waals surface area contributed by atoms with Crippen molar-refractivity contribution in [2.75, 3.05) is 0 Å². The van der Waals surface area contributed by atoms with E-state index >= 15 is 0 Å². The maximum absolute atomic E-state index is 12.0. The van der Waals surface area contributed by atoms with Crippen LogP contribution in [0, 0.1) is 17.3 Å². The molecule has 2 nitrogen and oxygen atoms in total. The molecule has 0 unspecified atom stereocenters. The van der Waals surface area contributed by atoms with Crippen molar-refractivity contribution in [2.24, 2.45) is 17.3 Å². The van der Waals surface area contributed by atoms with Gasteiger partial charge in [-0.1, -0.05) is 32.1 Å². The molecule has 1 aliphatic rings. The highest BCUT2D eigenvalue weighted by Gasteiger charge is 2.44. The van der Waals surface area contributed by atoms with Crippen LogP contribution in [0.2, 0.25) is 0 Å². The van der Waals surface area contributed by atoms with Gasteiger partial charge in [-0.25, -0.2) is 0 Å². The first-order chi connectivity index (χ1) is 7.81. The number of rotatable bonds is 5. The lowest BCUT2D eigenvalue weighted by atomic mass is 9.72. The molecule has 1 rings (SSSR count). The van der Waals surface area contributed by atoms with Gasteiger partial charge in [0.15, 0.2) is 0 Å². The average molecular weight is 236 g/mol. The molecule has 2 heteroatoms. The van der Waals surface area contributed by atoms with E-state index in [1.807, 2.05) is 20.8 Å². The van der Waals surface area contributed by atoms with Crippen molar-refractivity contribution in [3.8, 4) is 0 Å². The zero-order chi connectivity index (χ0) is 13.2. The minimum Gasteiger partial charge on any atom is -0.392 e. The number of hydrogen-bond acceptors (Lipinski definition) is 2. The Bertz CT molecular complexity index is 328. The molecule has 1 aliphatic carbocycles. The van der Waals surface area contributed by atoms with E-state index in [0.717, 1.165) is 12.0 Å².